The summed E-state index contributed by atoms with van der Waals surface area (Å²) in [4.78, 5) is 18.0. The molecule has 0 unspecified atom stereocenters. The van der Waals surface area contributed by atoms with Gasteiger partial charge in [0.15, 0.2) is 11.5 Å². The lowest BCUT2D eigenvalue weighted by Gasteiger charge is -2.10. The van der Waals surface area contributed by atoms with Gasteiger partial charge in [0, 0.05) is 44.2 Å². The number of nitrogens with one attached hydrogen (secondary N) is 1. The number of aryl methyl sites for hydroxylation is 2. The van der Waals surface area contributed by atoms with Crippen LogP contribution in [0.5, 0.6) is 5.75 Å². The summed E-state index contributed by atoms with van der Waals surface area (Å²) in [6.45, 7) is 4.30. The van der Waals surface area contributed by atoms with Crippen LogP contribution in [0, 0.1) is 0 Å². The monoisotopic (exact) mass is 467 g/mol. The number of fused-ring (bicyclic) bond motifs is 3. The standard InChI is InChI=1S/C27H25N5OS/c1-16(2)32-15-29-25-23(8-5-6-17-13-28-22-11-10-18(33)12-20(17)22)30-26(31-27(25)32)21-14-34-24-9-4-3-7-19(21)24/h3-4,7,9-16,28,33H,5-6,8H2,1-2H3. The second-order valence-corrected chi connectivity index (χ2v) is 9.87. The maximum Gasteiger partial charge on any atom is 0.164 e. The van der Waals surface area contributed by atoms with Crippen molar-refractivity contribution in [2.24, 2.45) is 0 Å². The van der Waals surface area contributed by atoms with Crippen LogP contribution in [0.2, 0.25) is 0 Å². The molecule has 0 aliphatic heterocycles. The number of aromatic amines is 1. The zero-order chi connectivity index (χ0) is 23.2. The molecule has 2 aromatic carbocycles. The molecule has 0 bridgehead atoms. The van der Waals surface area contributed by atoms with Crippen molar-refractivity contribution in [2.75, 3.05) is 0 Å². The van der Waals surface area contributed by atoms with Gasteiger partial charge in [0.25, 0.3) is 0 Å². The third-order valence-electron chi connectivity index (χ3n) is 6.38. The topological polar surface area (TPSA) is 79.6 Å². The number of hydrogen-bond acceptors (Lipinski definition) is 5. The Balaban J connectivity index is 1.38. The maximum atomic E-state index is 9.90. The van der Waals surface area contributed by atoms with Crippen LogP contribution in [-0.2, 0) is 12.8 Å². The molecule has 0 saturated carbocycles. The van der Waals surface area contributed by atoms with Crippen LogP contribution in [0.15, 0.2) is 60.4 Å². The SMILES string of the molecule is CC(C)n1cnc2c(CCCc3c[nH]c4ccc(O)cc34)nc(-c3csc4ccccc34)nc21. The lowest BCUT2D eigenvalue weighted by molar-refractivity contribution is 0.476. The molecule has 0 aliphatic carbocycles. The van der Waals surface area contributed by atoms with Crippen molar-refractivity contribution >= 4 is 43.5 Å². The molecule has 170 valence electrons. The summed E-state index contributed by atoms with van der Waals surface area (Å²) < 4.78 is 3.36. The fourth-order valence-electron chi connectivity index (χ4n) is 4.62. The molecule has 4 aromatic heterocycles. The van der Waals surface area contributed by atoms with E-state index in [1.54, 1.807) is 17.4 Å². The average molecular weight is 468 g/mol. The number of nitrogens with zero attached hydrogens (tertiary/aromatic N) is 4. The van der Waals surface area contributed by atoms with E-state index in [1.807, 2.05) is 24.7 Å². The molecule has 34 heavy (non-hydrogen) atoms. The molecule has 7 heteroatoms. The summed E-state index contributed by atoms with van der Waals surface area (Å²) in [5, 5.41) is 14.3. The van der Waals surface area contributed by atoms with Gasteiger partial charge >= 0.3 is 0 Å². The van der Waals surface area contributed by atoms with Crippen molar-refractivity contribution in [1.82, 2.24) is 24.5 Å². The Bertz CT molecular complexity index is 1640. The first-order chi connectivity index (χ1) is 16.6. The van der Waals surface area contributed by atoms with Crippen molar-refractivity contribution < 1.29 is 5.11 Å². The Morgan fingerprint density at radius 3 is 2.82 bits per heavy atom. The Hall–Kier alpha value is -3.71. The van der Waals surface area contributed by atoms with Gasteiger partial charge < -0.3 is 14.7 Å². The molecule has 6 rings (SSSR count). The summed E-state index contributed by atoms with van der Waals surface area (Å²) in [6.07, 6.45) is 6.53. The smallest absolute Gasteiger partial charge is 0.164 e. The van der Waals surface area contributed by atoms with Crippen LogP contribution in [0.1, 0.15) is 37.6 Å². The van der Waals surface area contributed by atoms with E-state index in [0.717, 1.165) is 58.4 Å². The highest BCUT2D eigenvalue weighted by molar-refractivity contribution is 7.17. The molecule has 0 aliphatic rings. The number of aromatic hydroxyl groups is 1. The Morgan fingerprint density at radius 2 is 1.94 bits per heavy atom. The molecular formula is C27H25N5OS. The predicted molar refractivity (Wildman–Crippen MR) is 139 cm³/mol. The van der Waals surface area contributed by atoms with E-state index in [2.05, 4.69) is 53.0 Å². The minimum absolute atomic E-state index is 0.263. The molecule has 0 amide bonds. The first-order valence-corrected chi connectivity index (χ1v) is 12.5. The van der Waals surface area contributed by atoms with Gasteiger partial charge in [-0.05, 0) is 62.9 Å². The van der Waals surface area contributed by atoms with Crippen molar-refractivity contribution in [3.8, 4) is 17.1 Å². The van der Waals surface area contributed by atoms with Crippen molar-refractivity contribution in [1.29, 1.82) is 0 Å². The van der Waals surface area contributed by atoms with E-state index in [1.165, 1.54) is 15.6 Å². The van der Waals surface area contributed by atoms with E-state index in [9.17, 15) is 5.11 Å². The summed E-state index contributed by atoms with van der Waals surface area (Å²) in [6, 6.07) is 14.1. The van der Waals surface area contributed by atoms with Gasteiger partial charge in [-0.15, -0.1) is 11.3 Å². The lowest BCUT2D eigenvalue weighted by Crippen LogP contribution is -2.04. The molecular weight excluding hydrogens is 442 g/mol. The second kappa shape index (κ2) is 8.25. The highest BCUT2D eigenvalue weighted by atomic mass is 32.1. The number of phenolic OH excluding ortho intramolecular Hbond substituents is 1. The van der Waals surface area contributed by atoms with Crippen molar-refractivity contribution in [3.63, 3.8) is 0 Å². The van der Waals surface area contributed by atoms with Gasteiger partial charge in [-0.25, -0.2) is 15.0 Å². The van der Waals surface area contributed by atoms with E-state index in [4.69, 9.17) is 15.0 Å². The predicted octanol–water partition coefficient (Wildman–Crippen LogP) is 6.65. The van der Waals surface area contributed by atoms with Gasteiger partial charge in [0.1, 0.15) is 11.3 Å². The van der Waals surface area contributed by atoms with Crippen molar-refractivity contribution in [3.05, 3.63) is 71.6 Å². The number of rotatable bonds is 6. The van der Waals surface area contributed by atoms with Crippen LogP contribution in [0.4, 0.5) is 0 Å². The lowest BCUT2D eigenvalue weighted by atomic mass is 10.1. The summed E-state index contributed by atoms with van der Waals surface area (Å²) in [5.74, 6) is 1.05. The zero-order valence-electron chi connectivity index (χ0n) is 19.1. The van der Waals surface area contributed by atoms with Gasteiger partial charge in [-0.2, -0.15) is 0 Å². The first-order valence-electron chi connectivity index (χ1n) is 11.6. The highest BCUT2D eigenvalue weighted by Gasteiger charge is 2.18. The van der Waals surface area contributed by atoms with Gasteiger partial charge in [-0.1, -0.05) is 18.2 Å². The molecule has 4 heterocycles. The number of aromatic nitrogens is 5. The van der Waals surface area contributed by atoms with Gasteiger partial charge in [0.05, 0.1) is 12.0 Å². The van der Waals surface area contributed by atoms with Crippen LogP contribution in [0.3, 0.4) is 0 Å². The Kier molecular flexibility index (Phi) is 5.07. The number of phenols is 1. The highest BCUT2D eigenvalue weighted by Crippen LogP contribution is 2.33. The molecule has 0 fully saturated rings. The van der Waals surface area contributed by atoms with E-state index < -0.39 is 0 Å². The van der Waals surface area contributed by atoms with Crippen molar-refractivity contribution in [2.45, 2.75) is 39.2 Å². The fraction of sp³-hybridized carbons (Fsp3) is 0.222. The minimum Gasteiger partial charge on any atom is -0.508 e. The van der Waals surface area contributed by atoms with E-state index in [-0.39, 0.29) is 11.8 Å². The number of benzene rings is 2. The minimum atomic E-state index is 0.263. The number of hydrogen-bond donors (Lipinski definition) is 2. The molecule has 6 nitrogen and oxygen atoms in total. The van der Waals surface area contributed by atoms with Gasteiger partial charge in [0.2, 0.25) is 0 Å². The summed E-state index contributed by atoms with van der Waals surface area (Å²) >= 11 is 1.72. The fourth-order valence-corrected chi connectivity index (χ4v) is 5.56. The number of H-pyrrole nitrogens is 1. The third-order valence-corrected chi connectivity index (χ3v) is 7.35. The molecule has 6 aromatic rings. The number of imidazole rings is 1. The average Bonchev–Trinajstić information content (AvgIpc) is 3.55. The van der Waals surface area contributed by atoms with Crippen LogP contribution >= 0.6 is 11.3 Å². The van der Waals surface area contributed by atoms with E-state index >= 15 is 0 Å². The van der Waals surface area contributed by atoms with Crippen LogP contribution < -0.4 is 0 Å². The quantitative estimate of drug-likeness (QED) is 0.287. The summed E-state index contributed by atoms with van der Waals surface area (Å²) in [7, 11) is 0. The van der Waals surface area contributed by atoms with Gasteiger partial charge in [-0.3, -0.25) is 0 Å². The molecule has 0 atom stereocenters. The Morgan fingerprint density at radius 1 is 1.06 bits per heavy atom. The largest absolute Gasteiger partial charge is 0.508 e. The summed E-state index contributed by atoms with van der Waals surface area (Å²) in [5.41, 5.74) is 6.08. The second-order valence-electron chi connectivity index (χ2n) is 8.95. The molecule has 0 saturated heterocycles. The van der Waals surface area contributed by atoms with E-state index in [0.29, 0.717) is 0 Å². The Labute approximate surface area is 201 Å². The van der Waals surface area contributed by atoms with Crippen LogP contribution in [0.25, 0.3) is 43.5 Å². The normalized spacial score (nSPS) is 12.0. The number of thiophene rings is 1. The third kappa shape index (κ3) is 3.53. The van der Waals surface area contributed by atoms with Crippen LogP contribution in [-0.4, -0.2) is 29.6 Å². The zero-order valence-corrected chi connectivity index (χ0v) is 19.9. The molecule has 2 N–H and O–H groups in total. The molecule has 0 radical (unpaired) electrons. The maximum absolute atomic E-state index is 9.90. The molecule has 0 spiro atoms. The first kappa shape index (κ1) is 20.9.